The summed E-state index contributed by atoms with van der Waals surface area (Å²) in [6, 6.07) is 4.73. The van der Waals surface area contributed by atoms with Crippen LogP contribution < -0.4 is 5.32 Å². The fraction of sp³-hybridized carbons (Fsp3) is 0.650. The summed E-state index contributed by atoms with van der Waals surface area (Å²) in [5.74, 6) is -0.242. The molecule has 0 spiro atoms. The third kappa shape index (κ3) is 4.35. The summed E-state index contributed by atoms with van der Waals surface area (Å²) in [5, 5.41) is 3.20. The molecule has 0 aliphatic carbocycles. The van der Waals surface area contributed by atoms with Gasteiger partial charge in [-0.1, -0.05) is 6.07 Å². The Balaban J connectivity index is 1.62. The van der Waals surface area contributed by atoms with Crippen LogP contribution in [-0.2, 0) is 6.42 Å². The highest BCUT2D eigenvalue weighted by Crippen LogP contribution is 2.30. The molecule has 2 aliphatic heterocycles. The van der Waals surface area contributed by atoms with E-state index in [1.807, 2.05) is 17.9 Å². The topological polar surface area (TPSA) is 38.8 Å². The van der Waals surface area contributed by atoms with E-state index in [1.165, 1.54) is 6.07 Å². The fourth-order valence-corrected chi connectivity index (χ4v) is 4.03. The van der Waals surface area contributed by atoms with Crippen LogP contribution in [0.1, 0.15) is 37.9 Å². The highest BCUT2D eigenvalue weighted by atomic mass is 19.1. The smallest absolute Gasteiger partial charge is 0.318 e. The van der Waals surface area contributed by atoms with Gasteiger partial charge in [-0.15, -0.1) is 0 Å². The Morgan fingerprint density at radius 2 is 1.92 bits per heavy atom. The minimum absolute atomic E-state index is 0.0634. The maximum atomic E-state index is 13.6. The molecule has 0 aromatic heterocycles. The van der Waals surface area contributed by atoms with Crippen LogP contribution in [0.25, 0.3) is 0 Å². The number of benzene rings is 1. The summed E-state index contributed by atoms with van der Waals surface area (Å²) in [4.78, 5) is 19.5. The number of urea groups is 1. The van der Waals surface area contributed by atoms with E-state index in [0.29, 0.717) is 6.54 Å². The van der Waals surface area contributed by atoms with Crippen LogP contribution in [0.3, 0.4) is 0 Å². The molecule has 2 amide bonds. The number of fused-ring (bicyclic) bond motifs is 1. The quantitative estimate of drug-likeness (QED) is 0.898. The highest BCUT2D eigenvalue weighted by Gasteiger charge is 2.32. The summed E-state index contributed by atoms with van der Waals surface area (Å²) in [6.45, 7) is 11.8. The van der Waals surface area contributed by atoms with Gasteiger partial charge in [-0.25, -0.2) is 9.18 Å². The van der Waals surface area contributed by atoms with Crippen molar-refractivity contribution in [2.24, 2.45) is 0 Å². The third-order valence-electron chi connectivity index (χ3n) is 5.57. The van der Waals surface area contributed by atoms with Gasteiger partial charge in [0, 0.05) is 44.8 Å². The molecule has 144 valence electrons. The van der Waals surface area contributed by atoms with Gasteiger partial charge < -0.3 is 15.1 Å². The number of hydrogen-bond donors (Lipinski definition) is 1. The minimum Gasteiger partial charge on any atom is -0.332 e. The molecule has 3 rings (SSSR count). The third-order valence-corrected chi connectivity index (χ3v) is 5.57. The lowest BCUT2D eigenvalue weighted by Crippen LogP contribution is -2.58. The zero-order chi connectivity index (χ0) is 18.9. The van der Waals surface area contributed by atoms with Gasteiger partial charge in [-0.2, -0.15) is 0 Å². The van der Waals surface area contributed by atoms with Gasteiger partial charge in [0.05, 0.1) is 6.04 Å². The monoisotopic (exact) mass is 362 g/mol. The Labute approximate surface area is 156 Å². The van der Waals surface area contributed by atoms with E-state index in [1.54, 1.807) is 6.07 Å². The number of hydrogen-bond acceptors (Lipinski definition) is 3. The predicted octanol–water partition coefficient (Wildman–Crippen LogP) is 2.48. The molecule has 2 aliphatic rings. The second-order valence-electron chi connectivity index (χ2n) is 8.36. The van der Waals surface area contributed by atoms with Crippen molar-refractivity contribution in [1.29, 1.82) is 0 Å². The van der Waals surface area contributed by atoms with Crippen LogP contribution in [0, 0.1) is 5.82 Å². The zero-order valence-corrected chi connectivity index (χ0v) is 16.4. The van der Waals surface area contributed by atoms with Crippen molar-refractivity contribution in [3.05, 3.63) is 35.1 Å². The van der Waals surface area contributed by atoms with Crippen molar-refractivity contribution >= 4 is 6.03 Å². The number of rotatable bonds is 3. The maximum absolute atomic E-state index is 13.6. The van der Waals surface area contributed by atoms with Crippen LogP contribution in [0.15, 0.2) is 18.2 Å². The molecule has 0 bridgehead atoms. The average molecular weight is 362 g/mol. The van der Waals surface area contributed by atoms with E-state index in [2.05, 4.69) is 36.0 Å². The number of amides is 2. The number of carbonyl (C=O) groups excluding carboxylic acids is 1. The summed E-state index contributed by atoms with van der Waals surface area (Å²) < 4.78 is 13.6. The molecule has 1 saturated heterocycles. The van der Waals surface area contributed by atoms with Crippen molar-refractivity contribution in [2.75, 3.05) is 46.3 Å². The number of nitrogens with zero attached hydrogens (tertiary/aromatic N) is 3. The Morgan fingerprint density at radius 1 is 1.23 bits per heavy atom. The van der Waals surface area contributed by atoms with Gasteiger partial charge >= 0.3 is 6.03 Å². The lowest BCUT2D eigenvalue weighted by Gasteiger charge is -2.41. The lowest BCUT2D eigenvalue weighted by molar-refractivity contribution is 0.117. The first kappa shape index (κ1) is 19.1. The number of carbonyl (C=O) groups is 1. The molecule has 1 aromatic rings. The predicted molar refractivity (Wildman–Crippen MR) is 102 cm³/mol. The summed E-state index contributed by atoms with van der Waals surface area (Å²) >= 11 is 0. The molecule has 1 aromatic carbocycles. The van der Waals surface area contributed by atoms with Crippen molar-refractivity contribution in [3.63, 3.8) is 0 Å². The number of nitrogens with one attached hydrogen (secondary N) is 1. The van der Waals surface area contributed by atoms with E-state index >= 15 is 0 Å². The molecule has 0 saturated carbocycles. The Bertz CT molecular complexity index is 655. The first-order valence-electron chi connectivity index (χ1n) is 9.53. The van der Waals surface area contributed by atoms with Crippen LogP contribution >= 0.6 is 0 Å². The van der Waals surface area contributed by atoms with Crippen molar-refractivity contribution < 1.29 is 9.18 Å². The van der Waals surface area contributed by atoms with Crippen molar-refractivity contribution in [3.8, 4) is 0 Å². The van der Waals surface area contributed by atoms with Gasteiger partial charge in [-0.3, -0.25) is 4.90 Å². The van der Waals surface area contributed by atoms with E-state index in [4.69, 9.17) is 0 Å². The second-order valence-corrected chi connectivity index (χ2v) is 8.36. The number of halogens is 1. The highest BCUT2D eigenvalue weighted by molar-refractivity contribution is 5.76. The summed E-state index contributed by atoms with van der Waals surface area (Å²) in [5.41, 5.74) is 1.75. The normalized spacial score (nSPS) is 22.2. The number of piperazine rings is 1. The summed E-state index contributed by atoms with van der Waals surface area (Å²) in [7, 11) is 2.14. The molecule has 0 unspecified atom stereocenters. The Morgan fingerprint density at radius 3 is 2.62 bits per heavy atom. The molecule has 2 heterocycles. The van der Waals surface area contributed by atoms with E-state index in [0.717, 1.165) is 50.3 Å². The molecule has 1 N–H and O–H groups in total. The summed E-state index contributed by atoms with van der Waals surface area (Å²) in [6.07, 6.45) is 0.770. The lowest BCUT2D eigenvalue weighted by atomic mass is 9.93. The molecule has 5 nitrogen and oxygen atoms in total. The van der Waals surface area contributed by atoms with Gasteiger partial charge in [0.1, 0.15) is 5.82 Å². The zero-order valence-electron chi connectivity index (χ0n) is 16.4. The van der Waals surface area contributed by atoms with E-state index < -0.39 is 0 Å². The molecular weight excluding hydrogens is 331 g/mol. The van der Waals surface area contributed by atoms with E-state index in [-0.39, 0.29) is 23.4 Å². The van der Waals surface area contributed by atoms with Crippen molar-refractivity contribution in [2.45, 2.75) is 38.8 Å². The van der Waals surface area contributed by atoms with Gasteiger partial charge in [0.2, 0.25) is 0 Å². The standard InChI is InChI=1S/C20H31FN4O/c1-15-18-13-17(21)6-5-16(18)7-8-25(15)19(26)22-20(2,3)14-24-11-9-23(4)10-12-24/h5-6,13,15H,7-12,14H2,1-4H3,(H,22,26)/t15-/m1/s1. The first-order valence-corrected chi connectivity index (χ1v) is 9.53. The Kier molecular flexibility index (Phi) is 5.53. The second kappa shape index (κ2) is 7.53. The minimum atomic E-state index is -0.311. The number of likely N-dealkylation sites (N-methyl/N-ethyl adjacent to an activating group) is 1. The maximum Gasteiger partial charge on any atom is 0.318 e. The SMILES string of the molecule is C[C@@H]1c2cc(F)ccc2CCN1C(=O)NC(C)(C)CN1CCN(C)CC1. The van der Waals surface area contributed by atoms with Gasteiger partial charge in [0.15, 0.2) is 0 Å². The van der Waals surface area contributed by atoms with Gasteiger partial charge in [-0.05, 0) is 57.5 Å². The molecule has 1 atom stereocenters. The molecule has 0 radical (unpaired) electrons. The molecule has 1 fully saturated rings. The Hall–Kier alpha value is -1.66. The van der Waals surface area contributed by atoms with Crippen LogP contribution in [0.5, 0.6) is 0 Å². The first-order chi connectivity index (χ1) is 12.2. The van der Waals surface area contributed by atoms with Crippen LogP contribution in [0.4, 0.5) is 9.18 Å². The van der Waals surface area contributed by atoms with Crippen molar-refractivity contribution in [1.82, 2.24) is 20.0 Å². The molecule has 6 heteroatoms. The van der Waals surface area contributed by atoms with Crippen LogP contribution in [-0.4, -0.2) is 72.6 Å². The molecule has 26 heavy (non-hydrogen) atoms. The molecular formula is C20H31FN4O. The van der Waals surface area contributed by atoms with E-state index in [9.17, 15) is 9.18 Å². The largest absolute Gasteiger partial charge is 0.332 e. The average Bonchev–Trinajstić information content (AvgIpc) is 2.57. The fourth-order valence-electron chi connectivity index (χ4n) is 4.03. The van der Waals surface area contributed by atoms with Crippen LogP contribution in [0.2, 0.25) is 0 Å². The van der Waals surface area contributed by atoms with Gasteiger partial charge in [0.25, 0.3) is 0 Å².